The van der Waals surface area contributed by atoms with E-state index in [4.69, 9.17) is 11.2 Å². The minimum atomic E-state index is 0.307. The SMILES string of the molecule is C#CCOc1ccc(C2Cc3ccc(N4CCN(C)CC4)cc3N2)cc1. The first-order valence-corrected chi connectivity index (χ1v) is 9.22. The fourth-order valence-electron chi connectivity index (χ4n) is 3.72. The second-order valence-electron chi connectivity index (χ2n) is 7.09. The lowest BCUT2D eigenvalue weighted by Gasteiger charge is -2.34. The number of terminal acetylenes is 1. The van der Waals surface area contributed by atoms with Crippen molar-refractivity contribution in [3.05, 3.63) is 53.6 Å². The van der Waals surface area contributed by atoms with Gasteiger partial charge in [0, 0.05) is 37.6 Å². The monoisotopic (exact) mass is 347 g/mol. The number of nitrogens with one attached hydrogen (secondary N) is 1. The van der Waals surface area contributed by atoms with Crippen molar-refractivity contribution in [2.45, 2.75) is 12.5 Å². The molecule has 4 nitrogen and oxygen atoms in total. The van der Waals surface area contributed by atoms with Gasteiger partial charge < -0.3 is 19.9 Å². The number of benzene rings is 2. The highest BCUT2D eigenvalue weighted by Crippen LogP contribution is 2.37. The summed E-state index contributed by atoms with van der Waals surface area (Å²) in [5.41, 5.74) is 5.25. The Labute approximate surface area is 155 Å². The lowest BCUT2D eigenvalue weighted by Crippen LogP contribution is -2.44. The van der Waals surface area contributed by atoms with Crippen molar-refractivity contribution < 1.29 is 4.74 Å². The maximum atomic E-state index is 5.46. The first kappa shape index (κ1) is 16.8. The summed E-state index contributed by atoms with van der Waals surface area (Å²) in [6.07, 6.45) is 6.25. The fraction of sp³-hybridized carbons (Fsp3) is 0.364. The van der Waals surface area contributed by atoms with Crippen LogP contribution in [0.3, 0.4) is 0 Å². The van der Waals surface area contributed by atoms with E-state index in [2.05, 4.69) is 58.4 Å². The molecular formula is C22H25N3O. The minimum Gasteiger partial charge on any atom is -0.481 e. The highest BCUT2D eigenvalue weighted by Gasteiger charge is 2.23. The van der Waals surface area contributed by atoms with Gasteiger partial charge in [-0.3, -0.25) is 0 Å². The van der Waals surface area contributed by atoms with Crippen molar-refractivity contribution in [3.8, 4) is 18.1 Å². The third kappa shape index (κ3) is 3.49. The molecule has 1 fully saturated rings. The number of rotatable bonds is 4. The van der Waals surface area contributed by atoms with Crippen LogP contribution in [0.4, 0.5) is 11.4 Å². The zero-order valence-corrected chi connectivity index (χ0v) is 15.2. The Balaban J connectivity index is 1.44. The third-order valence-corrected chi connectivity index (χ3v) is 5.32. The molecule has 0 radical (unpaired) electrons. The van der Waals surface area contributed by atoms with Gasteiger partial charge in [-0.05, 0) is 48.9 Å². The summed E-state index contributed by atoms with van der Waals surface area (Å²) in [6, 6.07) is 15.4. The van der Waals surface area contributed by atoms with Crippen LogP contribution in [0.25, 0.3) is 0 Å². The molecule has 0 aliphatic carbocycles. The van der Waals surface area contributed by atoms with Crippen molar-refractivity contribution in [1.29, 1.82) is 0 Å². The standard InChI is InChI=1S/C22H25N3O/c1-3-14-26-20-8-5-17(6-9-20)21-15-18-4-7-19(16-22(18)23-21)25-12-10-24(2)11-13-25/h1,4-9,16,21,23H,10-15H2,2H3. The Kier molecular flexibility index (Phi) is 4.73. The Bertz CT molecular complexity index is 801. The third-order valence-electron chi connectivity index (χ3n) is 5.32. The zero-order chi connectivity index (χ0) is 17.9. The van der Waals surface area contributed by atoms with Crippen LogP contribution in [0, 0.1) is 12.3 Å². The summed E-state index contributed by atoms with van der Waals surface area (Å²) in [5, 5.41) is 3.69. The molecule has 0 spiro atoms. The Morgan fingerprint density at radius 1 is 1.12 bits per heavy atom. The summed E-state index contributed by atoms with van der Waals surface area (Å²) >= 11 is 0. The molecule has 2 aromatic carbocycles. The average molecular weight is 347 g/mol. The van der Waals surface area contributed by atoms with E-state index in [9.17, 15) is 0 Å². The lowest BCUT2D eigenvalue weighted by molar-refractivity contribution is 0.313. The number of ether oxygens (including phenoxy) is 1. The number of nitrogens with zero attached hydrogens (tertiary/aromatic N) is 2. The van der Waals surface area contributed by atoms with Gasteiger partial charge in [0.05, 0.1) is 6.04 Å². The van der Waals surface area contributed by atoms with Crippen molar-refractivity contribution in [3.63, 3.8) is 0 Å². The molecule has 0 aromatic heterocycles. The van der Waals surface area contributed by atoms with Gasteiger partial charge >= 0.3 is 0 Å². The second kappa shape index (κ2) is 7.31. The van der Waals surface area contributed by atoms with Crippen LogP contribution in [0.2, 0.25) is 0 Å². The van der Waals surface area contributed by atoms with E-state index in [1.807, 2.05) is 12.1 Å². The van der Waals surface area contributed by atoms with Gasteiger partial charge in [-0.2, -0.15) is 0 Å². The molecule has 1 saturated heterocycles. The van der Waals surface area contributed by atoms with Crippen LogP contribution in [0.5, 0.6) is 5.75 Å². The highest BCUT2D eigenvalue weighted by molar-refractivity contribution is 5.66. The zero-order valence-electron chi connectivity index (χ0n) is 15.2. The predicted molar refractivity (Wildman–Crippen MR) is 107 cm³/mol. The van der Waals surface area contributed by atoms with Crippen molar-refractivity contribution >= 4 is 11.4 Å². The van der Waals surface area contributed by atoms with Gasteiger partial charge in [-0.25, -0.2) is 0 Å². The van der Waals surface area contributed by atoms with E-state index in [0.29, 0.717) is 12.6 Å². The van der Waals surface area contributed by atoms with Crippen LogP contribution in [-0.2, 0) is 6.42 Å². The lowest BCUT2D eigenvalue weighted by atomic mass is 10.0. The van der Waals surface area contributed by atoms with Crippen molar-refractivity contribution in [2.75, 3.05) is 50.1 Å². The van der Waals surface area contributed by atoms with Gasteiger partial charge in [-0.15, -0.1) is 6.42 Å². The Hall–Kier alpha value is -2.64. The van der Waals surface area contributed by atoms with Gasteiger partial charge in [-0.1, -0.05) is 24.1 Å². The summed E-state index contributed by atoms with van der Waals surface area (Å²) in [4.78, 5) is 4.86. The Morgan fingerprint density at radius 2 is 1.88 bits per heavy atom. The molecule has 1 atom stereocenters. The number of hydrogen-bond donors (Lipinski definition) is 1. The van der Waals surface area contributed by atoms with Crippen LogP contribution in [-0.4, -0.2) is 44.7 Å². The van der Waals surface area contributed by atoms with Crippen LogP contribution < -0.4 is 15.0 Å². The molecule has 4 heteroatoms. The van der Waals surface area contributed by atoms with Crippen LogP contribution in [0.1, 0.15) is 17.2 Å². The van der Waals surface area contributed by atoms with Crippen molar-refractivity contribution in [1.82, 2.24) is 4.90 Å². The highest BCUT2D eigenvalue weighted by atomic mass is 16.5. The van der Waals surface area contributed by atoms with E-state index in [-0.39, 0.29) is 0 Å². The molecular weight excluding hydrogens is 322 g/mol. The molecule has 0 amide bonds. The molecule has 2 aliphatic rings. The first-order chi connectivity index (χ1) is 12.7. The topological polar surface area (TPSA) is 27.7 Å². The van der Waals surface area contributed by atoms with E-state index >= 15 is 0 Å². The second-order valence-corrected chi connectivity index (χ2v) is 7.09. The normalized spacial score (nSPS) is 19.5. The maximum Gasteiger partial charge on any atom is 0.148 e. The van der Waals surface area contributed by atoms with E-state index < -0.39 is 0 Å². The summed E-state index contributed by atoms with van der Waals surface area (Å²) in [7, 11) is 2.19. The smallest absolute Gasteiger partial charge is 0.148 e. The average Bonchev–Trinajstić information content (AvgIpc) is 3.10. The first-order valence-electron chi connectivity index (χ1n) is 9.22. The van der Waals surface area contributed by atoms with E-state index in [0.717, 1.165) is 38.3 Å². The molecule has 0 saturated carbocycles. The van der Waals surface area contributed by atoms with Crippen LogP contribution in [0.15, 0.2) is 42.5 Å². The fourth-order valence-corrected chi connectivity index (χ4v) is 3.72. The number of hydrogen-bond acceptors (Lipinski definition) is 4. The molecule has 1 unspecified atom stereocenters. The number of piperazine rings is 1. The van der Waals surface area contributed by atoms with Gasteiger partial charge in [0.15, 0.2) is 0 Å². The Morgan fingerprint density at radius 3 is 2.62 bits per heavy atom. The van der Waals surface area contributed by atoms with Crippen molar-refractivity contribution in [2.24, 2.45) is 0 Å². The molecule has 26 heavy (non-hydrogen) atoms. The maximum absolute atomic E-state index is 5.46. The van der Waals surface area contributed by atoms with Crippen LogP contribution >= 0.6 is 0 Å². The van der Waals surface area contributed by atoms with Gasteiger partial charge in [0.2, 0.25) is 0 Å². The summed E-state index contributed by atoms with van der Waals surface area (Å²) in [6.45, 7) is 4.75. The summed E-state index contributed by atoms with van der Waals surface area (Å²) < 4.78 is 5.46. The molecule has 0 bridgehead atoms. The molecule has 2 aliphatic heterocycles. The van der Waals surface area contributed by atoms with Gasteiger partial charge in [0.25, 0.3) is 0 Å². The quantitative estimate of drug-likeness (QED) is 0.860. The van der Waals surface area contributed by atoms with E-state index in [1.165, 1.54) is 22.5 Å². The molecule has 2 heterocycles. The molecule has 134 valence electrons. The number of anilines is 2. The van der Waals surface area contributed by atoms with E-state index in [1.54, 1.807) is 0 Å². The number of likely N-dealkylation sites (N-methyl/N-ethyl adjacent to an activating group) is 1. The predicted octanol–water partition coefficient (Wildman–Crippen LogP) is 3.16. The molecule has 2 aromatic rings. The number of fused-ring (bicyclic) bond motifs is 1. The summed E-state index contributed by atoms with van der Waals surface area (Å²) in [5.74, 6) is 3.31. The van der Waals surface area contributed by atoms with Gasteiger partial charge in [0.1, 0.15) is 12.4 Å². The largest absolute Gasteiger partial charge is 0.481 e. The molecule has 4 rings (SSSR count). The molecule has 1 N–H and O–H groups in total. The minimum absolute atomic E-state index is 0.307.